The highest BCUT2D eigenvalue weighted by molar-refractivity contribution is 5.14. The van der Waals surface area contributed by atoms with E-state index in [0.29, 0.717) is 11.8 Å². The highest BCUT2D eigenvalue weighted by Crippen LogP contribution is 2.33. The van der Waals surface area contributed by atoms with E-state index in [-0.39, 0.29) is 0 Å². The van der Waals surface area contributed by atoms with Crippen LogP contribution in [0.5, 0.6) is 0 Å². The van der Waals surface area contributed by atoms with Crippen molar-refractivity contribution in [3.8, 4) is 0 Å². The first-order chi connectivity index (χ1) is 8.15. The lowest BCUT2D eigenvalue weighted by molar-refractivity contribution is 0.420. The lowest BCUT2D eigenvalue weighted by Gasteiger charge is -2.19. The first-order valence-electron chi connectivity index (χ1n) is 7.11. The number of hydrogen-bond donors (Lipinski definition) is 0. The van der Waals surface area contributed by atoms with Crippen LogP contribution < -0.4 is 0 Å². The molecule has 0 aromatic carbocycles. The minimum atomic E-state index is 0.562. The molecule has 1 aliphatic carbocycles. The maximum absolute atomic E-state index is 4.04. The van der Waals surface area contributed by atoms with Gasteiger partial charge in [0.2, 0.25) is 0 Å². The monoisotopic (exact) mass is 232 g/mol. The van der Waals surface area contributed by atoms with Gasteiger partial charge in [-0.1, -0.05) is 63.6 Å². The van der Waals surface area contributed by atoms with Gasteiger partial charge >= 0.3 is 0 Å². The fourth-order valence-corrected chi connectivity index (χ4v) is 2.13. The number of allylic oxidation sites excluding steroid dienone is 4. The third-order valence-electron chi connectivity index (χ3n) is 4.09. The second kappa shape index (κ2) is 7.53. The molecule has 2 atom stereocenters. The zero-order valence-corrected chi connectivity index (χ0v) is 11.6. The Labute approximate surface area is 108 Å². The van der Waals surface area contributed by atoms with Gasteiger partial charge in [0.05, 0.1) is 0 Å². The molecule has 96 valence electrons. The normalized spacial score (nSPS) is 19.2. The van der Waals surface area contributed by atoms with Crippen molar-refractivity contribution in [2.75, 3.05) is 0 Å². The average Bonchev–Trinajstić information content (AvgIpc) is 3.15. The van der Waals surface area contributed by atoms with Gasteiger partial charge in [0.1, 0.15) is 0 Å². The summed E-state index contributed by atoms with van der Waals surface area (Å²) >= 11 is 0. The molecule has 0 bridgehead atoms. The molecule has 0 spiro atoms. The van der Waals surface area contributed by atoms with Crippen LogP contribution in [0.4, 0.5) is 0 Å². The van der Waals surface area contributed by atoms with E-state index in [1.807, 2.05) is 6.08 Å². The van der Waals surface area contributed by atoms with Crippen LogP contribution in [-0.4, -0.2) is 0 Å². The van der Waals surface area contributed by atoms with Crippen LogP contribution in [0.3, 0.4) is 0 Å². The maximum atomic E-state index is 4.04. The highest BCUT2D eigenvalue weighted by Gasteiger charge is 2.19. The lowest BCUT2D eigenvalue weighted by Crippen LogP contribution is -2.08. The molecule has 2 unspecified atom stereocenters. The SMILES string of the molecule is C=CC(=C)C(C)C(C)CCC=CCCC1CC1. The zero-order chi connectivity index (χ0) is 12.7. The summed E-state index contributed by atoms with van der Waals surface area (Å²) in [6.45, 7) is 12.4. The van der Waals surface area contributed by atoms with Crippen molar-refractivity contribution in [1.29, 1.82) is 0 Å². The fraction of sp³-hybridized carbons (Fsp3) is 0.647. The smallest absolute Gasteiger partial charge is 0.0171 e. The van der Waals surface area contributed by atoms with Crippen molar-refractivity contribution < 1.29 is 0 Å². The highest BCUT2D eigenvalue weighted by atomic mass is 14.2. The van der Waals surface area contributed by atoms with Gasteiger partial charge in [0, 0.05) is 0 Å². The summed E-state index contributed by atoms with van der Waals surface area (Å²) in [7, 11) is 0. The summed E-state index contributed by atoms with van der Waals surface area (Å²) in [6.07, 6.45) is 14.8. The standard InChI is InChI=1S/C17H28/c1-5-14(2)16(4)15(3)10-8-6-7-9-11-17-12-13-17/h5-7,15-17H,1-2,8-13H2,3-4H3. The molecule has 1 rings (SSSR count). The van der Waals surface area contributed by atoms with Crippen molar-refractivity contribution >= 4 is 0 Å². The van der Waals surface area contributed by atoms with Crippen molar-refractivity contribution in [3.63, 3.8) is 0 Å². The van der Waals surface area contributed by atoms with E-state index >= 15 is 0 Å². The molecule has 0 aliphatic heterocycles. The summed E-state index contributed by atoms with van der Waals surface area (Å²) in [6, 6.07) is 0. The van der Waals surface area contributed by atoms with Crippen LogP contribution in [0.15, 0.2) is 37.0 Å². The third kappa shape index (κ3) is 5.91. The summed E-state index contributed by atoms with van der Waals surface area (Å²) in [5, 5.41) is 0. The summed E-state index contributed by atoms with van der Waals surface area (Å²) in [4.78, 5) is 0. The molecule has 17 heavy (non-hydrogen) atoms. The molecule has 0 heterocycles. The first-order valence-corrected chi connectivity index (χ1v) is 7.11. The second-order valence-corrected chi connectivity index (χ2v) is 5.61. The number of hydrogen-bond acceptors (Lipinski definition) is 0. The van der Waals surface area contributed by atoms with Crippen LogP contribution in [0.25, 0.3) is 0 Å². The molecule has 1 saturated carbocycles. The van der Waals surface area contributed by atoms with Crippen LogP contribution in [0.2, 0.25) is 0 Å². The van der Waals surface area contributed by atoms with Gasteiger partial charge in [-0.25, -0.2) is 0 Å². The minimum absolute atomic E-state index is 0.562. The maximum Gasteiger partial charge on any atom is -0.0171 e. The molecule has 1 fully saturated rings. The van der Waals surface area contributed by atoms with Gasteiger partial charge in [-0.15, -0.1) is 0 Å². The molecular formula is C17H28. The second-order valence-electron chi connectivity index (χ2n) is 5.61. The van der Waals surface area contributed by atoms with Crippen LogP contribution in [0, 0.1) is 17.8 Å². The predicted molar refractivity (Wildman–Crippen MR) is 78.0 cm³/mol. The number of rotatable bonds is 9. The average molecular weight is 232 g/mol. The van der Waals surface area contributed by atoms with Crippen molar-refractivity contribution in [2.24, 2.45) is 17.8 Å². The van der Waals surface area contributed by atoms with E-state index in [1.165, 1.54) is 44.1 Å². The summed E-state index contributed by atoms with van der Waals surface area (Å²) in [5.74, 6) is 2.33. The zero-order valence-electron chi connectivity index (χ0n) is 11.6. The summed E-state index contributed by atoms with van der Waals surface area (Å²) < 4.78 is 0. The molecular weight excluding hydrogens is 204 g/mol. The van der Waals surface area contributed by atoms with E-state index in [4.69, 9.17) is 0 Å². The Bertz CT molecular complexity index is 268. The van der Waals surface area contributed by atoms with E-state index in [2.05, 4.69) is 39.2 Å². The molecule has 0 heteroatoms. The Balaban J connectivity index is 2.07. The third-order valence-corrected chi connectivity index (χ3v) is 4.09. The largest absolute Gasteiger partial charge is 0.0988 e. The molecule has 0 saturated heterocycles. The fourth-order valence-electron chi connectivity index (χ4n) is 2.13. The van der Waals surface area contributed by atoms with Crippen LogP contribution in [-0.2, 0) is 0 Å². The topological polar surface area (TPSA) is 0 Å². The van der Waals surface area contributed by atoms with Crippen molar-refractivity contribution in [1.82, 2.24) is 0 Å². The molecule has 0 nitrogen and oxygen atoms in total. The van der Waals surface area contributed by atoms with E-state index in [0.717, 1.165) is 5.92 Å². The Morgan fingerprint density at radius 1 is 1.24 bits per heavy atom. The van der Waals surface area contributed by atoms with Crippen LogP contribution in [0.1, 0.15) is 52.4 Å². The Morgan fingerprint density at radius 3 is 2.47 bits per heavy atom. The van der Waals surface area contributed by atoms with Gasteiger partial charge in [-0.05, 0) is 43.4 Å². The summed E-state index contributed by atoms with van der Waals surface area (Å²) in [5.41, 5.74) is 1.18. The minimum Gasteiger partial charge on any atom is -0.0988 e. The van der Waals surface area contributed by atoms with Gasteiger partial charge in [0.15, 0.2) is 0 Å². The van der Waals surface area contributed by atoms with Gasteiger partial charge in [-0.3, -0.25) is 0 Å². The molecule has 0 aromatic heterocycles. The molecule has 0 radical (unpaired) electrons. The Hall–Kier alpha value is -0.780. The predicted octanol–water partition coefficient (Wildman–Crippen LogP) is 5.53. The molecule has 0 aromatic rings. The molecule has 0 amide bonds. The van der Waals surface area contributed by atoms with Crippen molar-refractivity contribution in [3.05, 3.63) is 37.0 Å². The van der Waals surface area contributed by atoms with Gasteiger partial charge < -0.3 is 0 Å². The van der Waals surface area contributed by atoms with E-state index in [1.54, 1.807) is 0 Å². The van der Waals surface area contributed by atoms with E-state index in [9.17, 15) is 0 Å². The van der Waals surface area contributed by atoms with E-state index < -0.39 is 0 Å². The molecule has 0 N–H and O–H groups in total. The van der Waals surface area contributed by atoms with Crippen LogP contribution >= 0.6 is 0 Å². The Morgan fingerprint density at radius 2 is 1.88 bits per heavy atom. The molecule has 1 aliphatic rings. The van der Waals surface area contributed by atoms with Gasteiger partial charge in [-0.2, -0.15) is 0 Å². The lowest BCUT2D eigenvalue weighted by atomic mass is 9.86. The van der Waals surface area contributed by atoms with Gasteiger partial charge in [0.25, 0.3) is 0 Å². The quantitative estimate of drug-likeness (QED) is 0.362. The first kappa shape index (κ1) is 14.3. The van der Waals surface area contributed by atoms with Crippen molar-refractivity contribution in [2.45, 2.75) is 52.4 Å². The Kier molecular flexibility index (Phi) is 6.32.